The summed E-state index contributed by atoms with van der Waals surface area (Å²) in [5.74, 6) is 0. The molecular weight excluding hydrogens is 610 g/mol. The Hall–Kier alpha value is -0.510. The van der Waals surface area contributed by atoms with E-state index in [1.54, 1.807) is 0 Å². The van der Waals surface area contributed by atoms with E-state index >= 15 is 0 Å². The van der Waals surface area contributed by atoms with E-state index < -0.39 is 0 Å². The van der Waals surface area contributed by atoms with Crippen molar-refractivity contribution in [2.45, 2.75) is 73.8 Å². The van der Waals surface area contributed by atoms with Crippen LogP contribution >= 0.6 is 43.5 Å². The quantitative estimate of drug-likeness (QED) is 0.150. The fraction of sp³-hybridized carbons (Fsp3) is 0.571. The van der Waals surface area contributed by atoms with Crippen molar-refractivity contribution < 1.29 is 19.3 Å². The van der Waals surface area contributed by atoms with Gasteiger partial charge in [0.1, 0.15) is 12.9 Å². The average molecular weight is 656 g/mol. The molecule has 8 heteroatoms. The van der Waals surface area contributed by atoms with Gasteiger partial charge in [0.05, 0.1) is 13.2 Å². The van der Waals surface area contributed by atoms with Gasteiger partial charge in [-0.05, 0) is 83.5 Å². The molecule has 0 heterocycles. The van der Waals surface area contributed by atoms with Gasteiger partial charge in [-0.2, -0.15) is 0 Å². The van der Waals surface area contributed by atoms with Crippen molar-refractivity contribution in [1.29, 1.82) is 0 Å². The summed E-state index contributed by atoms with van der Waals surface area (Å²) in [5, 5.41) is 8.61. The normalized spacial score (nSPS) is 10.3. The number of rotatable bonds is 11. The fourth-order valence-corrected chi connectivity index (χ4v) is 3.56. The number of hydrogen-bond acceptors (Lipinski definition) is 5. The molecule has 0 aliphatic heterocycles. The molecule has 0 aliphatic carbocycles. The summed E-state index contributed by atoms with van der Waals surface area (Å²) in [6.07, 6.45) is 0. The molecule has 208 valence electrons. The Morgan fingerprint density at radius 1 is 0.750 bits per heavy atom. The summed E-state index contributed by atoms with van der Waals surface area (Å²) < 4.78 is 17.0. The van der Waals surface area contributed by atoms with Crippen LogP contribution in [-0.2, 0) is 27.4 Å². The Morgan fingerprint density at radius 3 is 1.47 bits per heavy atom. The number of nitrogens with zero attached hydrogens (tertiary/aromatic N) is 1. The third kappa shape index (κ3) is 22.7. The third-order valence-electron chi connectivity index (χ3n) is 4.62. The van der Waals surface area contributed by atoms with Crippen LogP contribution in [0.25, 0.3) is 0 Å². The predicted octanol–water partition coefficient (Wildman–Crippen LogP) is 8.25. The first kappa shape index (κ1) is 37.6. The second-order valence-electron chi connectivity index (χ2n) is 7.99. The van der Waals surface area contributed by atoms with Crippen molar-refractivity contribution in [3.05, 3.63) is 68.6 Å². The van der Waals surface area contributed by atoms with Crippen molar-refractivity contribution in [3.8, 4) is 0 Å². The van der Waals surface area contributed by atoms with Gasteiger partial charge in [-0.1, -0.05) is 74.7 Å². The predicted molar refractivity (Wildman–Crippen MR) is 160 cm³/mol. The summed E-state index contributed by atoms with van der Waals surface area (Å²) in [6, 6.07) is 17.3. The van der Waals surface area contributed by atoms with E-state index in [-0.39, 0.29) is 6.61 Å². The maximum absolute atomic E-state index is 8.61. The summed E-state index contributed by atoms with van der Waals surface area (Å²) in [5.41, 5.74) is 2.10. The Balaban J connectivity index is 0. The molecule has 2 aromatic carbocycles. The van der Waals surface area contributed by atoms with Gasteiger partial charge in [-0.25, -0.2) is 0 Å². The topological polar surface area (TPSA) is 51.2 Å². The van der Waals surface area contributed by atoms with Crippen LogP contribution in [-0.4, -0.2) is 54.7 Å². The second-order valence-corrected chi connectivity index (χ2v) is 10.0. The van der Waals surface area contributed by atoms with Crippen LogP contribution in [0.1, 0.15) is 59.6 Å². The molecule has 0 spiro atoms. The number of benzene rings is 2. The zero-order valence-electron chi connectivity index (χ0n) is 23.0. The minimum atomic E-state index is 0.118. The number of aliphatic hydroxyl groups is 1. The molecule has 2 aromatic rings. The molecule has 0 bridgehead atoms. The van der Waals surface area contributed by atoms with Gasteiger partial charge in [-0.3, -0.25) is 4.90 Å². The van der Waals surface area contributed by atoms with Crippen molar-refractivity contribution in [3.63, 3.8) is 0 Å². The molecule has 5 nitrogen and oxygen atoms in total. The minimum absolute atomic E-state index is 0.118. The first-order valence-electron chi connectivity index (χ1n) is 12.3. The van der Waals surface area contributed by atoms with E-state index in [1.165, 1.54) is 0 Å². The minimum Gasteiger partial charge on any atom is -0.392 e. The molecule has 0 saturated heterocycles. The standard InChI is InChI=1S/C10H13BrO2.C8H19N.C7H7BrO.C3H7ClO/c1-2-12-8-13-7-9-3-5-10(11)6-4-9;1-6-9(7(2)3)8(4)5;8-7-3-1-6(5-9)2-4-7;1-2-5-3-4/h3-6H,2,7-8H2,1H3;7-8H,6H2,1-5H3;1-4,9H,5H2;2-3H2,1H3. The lowest BCUT2D eigenvalue weighted by atomic mass is 10.2. The SMILES string of the molecule is CCN(C(C)C)C(C)C.CCOCCl.CCOCOCc1ccc(Br)cc1.OCc1ccc(Br)cc1. The lowest BCUT2D eigenvalue weighted by Crippen LogP contribution is -2.36. The van der Waals surface area contributed by atoms with E-state index in [9.17, 15) is 0 Å². The van der Waals surface area contributed by atoms with Gasteiger partial charge < -0.3 is 19.3 Å². The number of halogens is 3. The Labute approximate surface area is 241 Å². The average Bonchev–Trinajstić information content (AvgIpc) is 2.85. The highest BCUT2D eigenvalue weighted by Gasteiger charge is 2.09. The lowest BCUT2D eigenvalue weighted by molar-refractivity contribution is -0.0571. The highest BCUT2D eigenvalue weighted by Crippen LogP contribution is 2.11. The molecule has 0 aliphatic rings. The largest absolute Gasteiger partial charge is 0.392 e. The third-order valence-corrected chi connectivity index (χ3v) is 5.83. The van der Waals surface area contributed by atoms with Crippen molar-refractivity contribution in [2.24, 2.45) is 0 Å². The molecular formula is C28H46Br2ClNO4. The zero-order chi connectivity index (χ0) is 27.8. The van der Waals surface area contributed by atoms with Crippen LogP contribution in [0.15, 0.2) is 57.5 Å². The van der Waals surface area contributed by atoms with Gasteiger partial charge in [-0.15, -0.1) is 0 Å². The maximum atomic E-state index is 8.61. The monoisotopic (exact) mass is 653 g/mol. The summed E-state index contributed by atoms with van der Waals surface area (Å²) in [6.45, 7) is 18.7. The highest BCUT2D eigenvalue weighted by molar-refractivity contribution is 9.10. The van der Waals surface area contributed by atoms with Gasteiger partial charge in [0.15, 0.2) is 0 Å². The van der Waals surface area contributed by atoms with Crippen molar-refractivity contribution >= 4 is 43.5 Å². The molecule has 0 fully saturated rings. The van der Waals surface area contributed by atoms with Crippen LogP contribution < -0.4 is 0 Å². The molecule has 0 radical (unpaired) electrons. The fourth-order valence-electron chi connectivity index (χ4n) is 2.88. The zero-order valence-corrected chi connectivity index (χ0v) is 26.9. The van der Waals surface area contributed by atoms with E-state index in [2.05, 4.69) is 76.1 Å². The van der Waals surface area contributed by atoms with Crippen LogP contribution in [0.2, 0.25) is 0 Å². The number of aliphatic hydroxyl groups excluding tert-OH is 1. The van der Waals surface area contributed by atoms with E-state index in [4.69, 9.17) is 26.2 Å². The lowest BCUT2D eigenvalue weighted by Gasteiger charge is -2.28. The maximum Gasteiger partial charge on any atom is 0.147 e. The van der Waals surface area contributed by atoms with Crippen LogP contribution in [0.5, 0.6) is 0 Å². The molecule has 0 saturated carbocycles. The summed E-state index contributed by atoms with van der Waals surface area (Å²) in [7, 11) is 0. The number of ether oxygens (including phenoxy) is 3. The Morgan fingerprint density at radius 2 is 1.19 bits per heavy atom. The summed E-state index contributed by atoms with van der Waals surface area (Å²) in [4.78, 5) is 2.46. The molecule has 1 N–H and O–H groups in total. The van der Waals surface area contributed by atoms with Crippen molar-refractivity contribution in [2.75, 3.05) is 32.6 Å². The van der Waals surface area contributed by atoms with Gasteiger partial charge in [0.25, 0.3) is 0 Å². The first-order valence-corrected chi connectivity index (χ1v) is 14.4. The number of hydrogen-bond donors (Lipinski definition) is 1. The number of alkyl halides is 1. The molecule has 0 aromatic heterocycles. The highest BCUT2D eigenvalue weighted by atomic mass is 79.9. The van der Waals surface area contributed by atoms with Crippen LogP contribution in [0, 0.1) is 0 Å². The van der Waals surface area contributed by atoms with Crippen molar-refractivity contribution in [1.82, 2.24) is 4.90 Å². The summed E-state index contributed by atoms with van der Waals surface area (Å²) >= 11 is 11.7. The van der Waals surface area contributed by atoms with Gasteiger partial charge >= 0.3 is 0 Å². The molecule has 36 heavy (non-hydrogen) atoms. The van der Waals surface area contributed by atoms with Crippen LogP contribution in [0.3, 0.4) is 0 Å². The molecule has 2 rings (SSSR count). The first-order chi connectivity index (χ1) is 17.2. The Bertz CT molecular complexity index is 706. The second kappa shape index (κ2) is 26.1. The van der Waals surface area contributed by atoms with Gasteiger partial charge in [0, 0.05) is 34.2 Å². The van der Waals surface area contributed by atoms with Crippen LogP contribution in [0.4, 0.5) is 0 Å². The molecule has 0 unspecified atom stereocenters. The Kier molecular flexibility index (Phi) is 27.3. The smallest absolute Gasteiger partial charge is 0.147 e. The van der Waals surface area contributed by atoms with E-state index in [0.717, 1.165) is 26.6 Å². The van der Waals surface area contributed by atoms with Gasteiger partial charge in [0.2, 0.25) is 0 Å². The molecule has 0 atom stereocenters. The van der Waals surface area contributed by atoms with E-state index in [0.29, 0.717) is 44.8 Å². The van der Waals surface area contributed by atoms with E-state index in [1.807, 2.05) is 62.4 Å². The molecule has 0 amide bonds.